The lowest BCUT2D eigenvalue weighted by Crippen LogP contribution is -2.23. The minimum absolute atomic E-state index is 0.648. The molecular formula is C16H24N6. The zero-order valence-electron chi connectivity index (χ0n) is 13.4. The Bertz CT molecular complexity index is 545. The van der Waals surface area contributed by atoms with Crippen molar-refractivity contribution in [2.75, 3.05) is 30.4 Å². The Morgan fingerprint density at radius 2 is 2.00 bits per heavy atom. The van der Waals surface area contributed by atoms with Crippen LogP contribution in [-0.2, 0) is 6.42 Å². The highest BCUT2D eigenvalue weighted by molar-refractivity contribution is 5.38. The van der Waals surface area contributed by atoms with E-state index in [9.17, 15) is 0 Å². The van der Waals surface area contributed by atoms with Gasteiger partial charge >= 0.3 is 0 Å². The topological polar surface area (TPSA) is 66.8 Å². The third kappa shape index (κ3) is 5.27. The molecule has 0 aromatic carbocycles. The fourth-order valence-corrected chi connectivity index (χ4v) is 2.08. The van der Waals surface area contributed by atoms with Gasteiger partial charge in [0, 0.05) is 32.5 Å². The van der Waals surface area contributed by atoms with E-state index in [0.29, 0.717) is 5.95 Å². The Morgan fingerprint density at radius 3 is 2.77 bits per heavy atom. The van der Waals surface area contributed by atoms with Crippen molar-refractivity contribution in [3.63, 3.8) is 0 Å². The van der Waals surface area contributed by atoms with Gasteiger partial charge in [-0.2, -0.15) is 10.1 Å². The minimum atomic E-state index is 0.648. The van der Waals surface area contributed by atoms with Gasteiger partial charge in [0.25, 0.3) is 0 Å². The number of pyridine rings is 1. The van der Waals surface area contributed by atoms with Gasteiger partial charge in [0.15, 0.2) is 5.82 Å². The summed E-state index contributed by atoms with van der Waals surface area (Å²) < 4.78 is 0. The maximum Gasteiger partial charge on any atom is 0.247 e. The molecule has 0 spiro atoms. The van der Waals surface area contributed by atoms with Crippen molar-refractivity contribution >= 4 is 11.8 Å². The lowest BCUT2D eigenvalue weighted by molar-refractivity contribution is 0.740. The maximum atomic E-state index is 4.51. The monoisotopic (exact) mass is 300 g/mol. The van der Waals surface area contributed by atoms with Crippen LogP contribution in [0.1, 0.15) is 31.7 Å². The first-order valence-electron chi connectivity index (χ1n) is 7.83. The molecule has 0 aliphatic carbocycles. The second kappa shape index (κ2) is 8.92. The van der Waals surface area contributed by atoms with Crippen LogP contribution >= 0.6 is 0 Å². The molecule has 2 aromatic heterocycles. The molecule has 0 bridgehead atoms. The van der Waals surface area contributed by atoms with Gasteiger partial charge in [-0.25, -0.2) is 0 Å². The van der Waals surface area contributed by atoms with Crippen molar-refractivity contribution in [2.24, 2.45) is 0 Å². The van der Waals surface area contributed by atoms with Gasteiger partial charge in [-0.1, -0.05) is 19.8 Å². The highest BCUT2D eigenvalue weighted by Crippen LogP contribution is 2.09. The second-order valence-electron chi connectivity index (χ2n) is 5.30. The van der Waals surface area contributed by atoms with Crippen LogP contribution in [0.5, 0.6) is 0 Å². The normalized spacial score (nSPS) is 10.5. The molecule has 0 amide bonds. The van der Waals surface area contributed by atoms with Gasteiger partial charge in [0.05, 0.1) is 6.20 Å². The molecule has 0 saturated carbocycles. The van der Waals surface area contributed by atoms with E-state index in [4.69, 9.17) is 0 Å². The maximum absolute atomic E-state index is 4.51. The van der Waals surface area contributed by atoms with E-state index < -0.39 is 0 Å². The summed E-state index contributed by atoms with van der Waals surface area (Å²) in [5.74, 6) is 1.44. The van der Waals surface area contributed by atoms with Crippen LogP contribution in [0.2, 0.25) is 0 Å². The molecule has 0 atom stereocenters. The zero-order chi connectivity index (χ0) is 15.6. The van der Waals surface area contributed by atoms with Crippen LogP contribution in [0.15, 0.2) is 30.7 Å². The summed E-state index contributed by atoms with van der Waals surface area (Å²) in [4.78, 5) is 10.6. The Morgan fingerprint density at radius 1 is 1.18 bits per heavy atom. The summed E-state index contributed by atoms with van der Waals surface area (Å²) in [5.41, 5.74) is 1.25. The molecule has 1 N–H and O–H groups in total. The molecule has 2 aromatic rings. The van der Waals surface area contributed by atoms with Crippen LogP contribution in [-0.4, -0.2) is 40.3 Å². The number of likely N-dealkylation sites (N-methyl/N-ethyl adjacent to an activating group) is 1. The molecule has 6 heteroatoms. The minimum Gasteiger partial charge on any atom is -0.369 e. The van der Waals surface area contributed by atoms with Gasteiger partial charge in [-0.3, -0.25) is 4.98 Å². The molecule has 0 unspecified atom stereocenters. The van der Waals surface area contributed by atoms with E-state index in [2.05, 4.69) is 32.4 Å². The van der Waals surface area contributed by atoms with Crippen molar-refractivity contribution in [3.8, 4) is 0 Å². The molecule has 0 aliphatic heterocycles. The summed E-state index contributed by atoms with van der Waals surface area (Å²) in [6, 6.07) is 4.05. The largest absolute Gasteiger partial charge is 0.369 e. The number of unbranched alkanes of at least 4 members (excludes halogenated alkanes) is 2. The van der Waals surface area contributed by atoms with E-state index in [1.165, 1.54) is 18.4 Å². The number of nitrogens with zero attached hydrogens (tertiary/aromatic N) is 5. The number of anilines is 2. The van der Waals surface area contributed by atoms with E-state index in [1.807, 2.05) is 36.5 Å². The molecule has 0 fully saturated rings. The summed E-state index contributed by atoms with van der Waals surface area (Å²) >= 11 is 0. The summed E-state index contributed by atoms with van der Waals surface area (Å²) in [6.07, 6.45) is 9.82. The average molecular weight is 300 g/mol. The first-order valence-corrected chi connectivity index (χ1v) is 7.83. The number of rotatable bonds is 9. The standard InChI is InChI=1S/C16H24N6/c1-3-4-5-9-18-15-13-19-21-16(20-15)22(2)12-8-14-6-10-17-11-7-14/h6-7,10-11,13H,3-5,8-9,12H2,1-2H3,(H,18,20,21). The lowest BCUT2D eigenvalue weighted by atomic mass is 10.2. The molecule has 118 valence electrons. The third-order valence-electron chi connectivity index (χ3n) is 3.46. The summed E-state index contributed by atoms with van der Waals surface area (Å²) in [5, 5.41) is 11.4. The van der Waals surface area contributed by atoms with Gasteiger partial charge in [0.1, 0.15) is 0 Å². The quantitative estimate of drug-likeness (QED) is 0.718. The van der Waals surface area contributed by atoms with Crippen molar-refractivity contribution in [1.82, 2.24) is 20.2 Å². The van der Waals surface area contributed by atoms with Gasteiger partial charge in [0.2, 0.25) is 5.95 Å². The van der Waals surface area contributed by atoms with Crippen molar-refractivity contribution < 1.29 is 0 Å². The number of hydrogen-bond donors (Lipinski definition) is 1. The molecule has 0 aliphatic rings. The first kappa shape index (κ1) is 16.1. The van der Waals surface area contributed by atoms with Gasteiger partial charge in [-0.15, -0.1) is 5.10 Å². The van der Waals surface area contributed by atoms with Crippen molar-refractivity contribution in [2.45, 2.75) is 32.6 Å². The molecule has 22 heavy (non-hydrogen) atoms. The fraction of sp³-hybridized carbons (Fsp3) is 0.500. The van der Waals surface area contributed by atoms with Crippen LogP contribution in [0.3, 0.4) is 0 Å². The third-order valence-corrected chi connectivity index (χ3v) is 3.46. The van der Waals surface area contributed by atoms with E-state index >= 15 is 0 Å². The molecular weight excluding hydrogens is 276 g/mol. The highest BCUT2D eigenvalue weighted by Gasteiger charge is 2.06. The number of nitrogens with one attached hydrogen (secondary N) is 1. The SMILES string of the molecule is CCCCCNc1cnnc(N(C)CCc2ccncc2)n1. The first-order chi connectivity index (χ1) is 10.8. The van der Waals surface area contributed by atoms with E-state index in [-0.39, 0.29) is 0 Å². The molecule has 0 saturated heterocycles. The van der Waals surface area contributed by atoms with Crippen molar-refractivity contribution in [1.29, 1.82) is 0 Å². The smallest absolute Gasteiger partial charge is 0.247 e. The highest BCUT2D eigenvalue weighted by atomic mass is 15.3. The predicted octanol–water partition coefficient (Wildman–Crippen LogP) is 2.55. The molecule has 2 rings (SSSR count). The lowest BCUT2D eigenvalue weighted by Gasteiger charge is -2.17. The summed E-state index contributed by atoms with van der Waals surface area (Å²) in [6.45, 7) is 3.96. The second-order valence-corrected chi connectivity index (χ2v) is 5.30. The average Bonchev–Trinajstić information content (AvgIpc) is 2.58. The van der Waals surface area contributed by atoms with Crippen LogP contribution in [0, 0.1) is 0 Å². The Hall–Kier alpha value is -2.24. The van der Waals surface area contributed by atoms with E-state index in [0.717, 1.165) is 31.7 Å². The predicted molar refractivity (Wildman–Crippen MR) is 89.1 cm³/mol. The van der Waals surface area contributed by atoms with Gasteiger partial charge < -0.3 is 10.2 Å². The van der Waals surface area contributed by atoms with Crippen LogP contribution in [0.25, 0.3) is 0 Å². The summed E-state index contributed by atoms with van der Waals surface area (Å²) in [7, 11) is 1.99. The van der Waals surface area contributed by atoms with E-state index in [1.54, 1.807) is 6.20 Å². The Kier molecular flexibility index (Phi) is 6.54. The van der Waals surface area contributed by atoms with Crippen molar-refractivity contribution in [3.05, 3.63) is 36.3 Å². The van der Waals surface area contributed by atoms with Crippen LogP contribution in [0.4, 0.5) is 11.8 Å². The molecule has 2 heterocycles. The Balaban J connectivity index is 1.85. The molecule has 0 radical (unpaired) electrons. The Labute approximate surface area is 132 Å². The molecule has 6 nitrogen and oxygen atoms in total. The van der Waals surface area contributed by atoms with Gasteiger partial charge in [-0.05, 0) is 30.5 Å². The fourth-order valence-electron chi connectivity index (χ4n) is 2.08. The zero-order valence-corrected chi connectivity index (χ0v) is 13.4. The van der Waals surface area contributed by atoms with Crippen LogP contribution < -0.4 is 10.2 Å². The number of hydrogen-bond acceptors (Lipinski definition) is 6. The number of aromatic nitrogens is 4.